The molecule has 0 spiro atoms. The number of aromatic nitrogens is 6. The molecule has 5 rings (SSSR count). The number of nitrogens with zero attached hydrogens (tertiary/aromatic N) is 5. The van der Waals surface area contributed by atoms with Crippen LogP contribution in [-0.2, 0) is 19.4 Å². The normalized spacial score (nSPS) is 15.8. The van der Waals surface area contributed by atoms with Gasteiger partial charge in [-0.2, -0.15) is 10.2 Å². The summed E-state index contributed by atoms with van der Waals surface area (Å²) in [7, 11) is 0. The Kier molecular flexibility index (Phi) is 3.60. The van der Waals surface area contributed by atoms with E-state index in [1.165, 1.54) is 17.7 Å². The van der Waals surface area contributed by atoms with E-state index in [9.17, 15) is 0 Å². The molecule has 6 heteroatoms. The summed E-state index contributed by atoms with van der Waals surface area (Å²) in [6.45, 7) is 5.30. The lowest BCUT2D eigenvalue weighted by molar-refractivity contribution is 0.312. The van der Waals surface area contributed by atoms with Crippen molar-refractivity contribution < 1.29 is 0 Å². The van der Waals surface area contributed by atoms with Gasteiger partial charge in [-0.05, 0) is 42.4 Å². The lowest BCUT2D eigenvalue weighted by Crippen LogP contribution is -2.21. The summed E-state index contributed by atoms with van der Waals surface area (Å²) in [6.07, 6.45) is 10.7. The smallest absolute Gasteiger partial charge is 0.158 e. The Morgan fingerprint density at radius 2 is 2.15 bits per heavy atom. The third kappa shape index (κ3) is 2.91. The molecule has 1 aliphatic carbocycles. The number of hydrogen-bond donors (Lipinski definition) is 1. The highest BCUT2D eigenvalue weighted by molar-refractivity contribution is 5.80. The minimum absolute atomic E-state index is 0.340. The second-order valence-electron chi connectivity index (χ2n) is 8.17. The van der Waals surface area contributed by atoms with Crippen molar-refractivity contribution in [3.8, 4) is 11.3 Å². The predicted molar refractivity (Wildman–Crippen MR) is 104 cm³/mol. The van der Waals surface area contributed by atoms with Crippen molar-refractivity contribution in [2.45, 2.75) is 39.7 Å². The molecule has 0 aromatic carbocycles. The summed E-state index contributed by atoms with van der Waals surface area (Å²) < 4.78 is 1.92. The molecule has 0 saturated heterocycles. The molecule has 136 valence electrons. The number of rotatable bonds is 3. The lowest BCUT2D eigenvalue weighted by Gasteiger charge is -2.29. The molecule has 0 amide bonds. The minimum Gasteiger partial charge on any atom is -0.282 e. The van der Waals surface area contributed by atoms with Gasteiger partial charge in [-0.15, -0.1) is 0 Å². The average molecular weight is 358 g/mol. The van der Waals surface area contributed by atoms with Crippen LogP contribution in [0.1, 0.15) is 37.1 Å². The molecule has 4 aromatic heterocycles. The van der Waals surface area contributed by atoms with Gasteiger partial charge in [0.15, 0.2) is 5.65 Å². The number of fused-ring (bicyclic) bond motifs is 2. The maximum atomic E-state index is 4.70. The third-order valence-electron chi connectivity index (χ3n) is 5.46. The van der Waals surface area contributed by atoms with Gasteiger partial charge in [0.05, 0.1) is 18.4 Å². The fourth-order valence-corrected chi connectivity index (χ4v) is 3.97. The van der Waals surface area contributed by atoms with Gasteiger partial charge in [-0.3, -0.25) is 10.1 Å². The van der Waals surface area contributed by atoms with Gasteiger partial charge in [0, 0.05) is 40.8 Å². The molecule has 4 heterocycles. The van der Waals surface area contributed by atoms with Crippen LogP contribution in [0.3, 0.4) is 0 Å². The van der Waals surface area contributed by atoms with E-state index in [2.05, 4.69) is 40.2 Å². The Morgan fingerprint density at radius 3 is 3.00 bits per heavy atom. The van der Waals surface area contributed by atoms with Gasteiger partial charge in [0.1, 0.15) is 0 Å². The first-order valence-corrected chi connectivity index (χ1v) is 9.36. The number of nitrogens with one attached hydrogen (secondary N) is 1. The fraction of sp³-hybridized carbons (Fsp3) is 0.333. The Balaban J connectivity index is 1.49. The SMILES string of the molecule is CC1(C)CCc2c(-c3cnc4c(cnn4Cc4cccnc4)c3)n[nH]c2C1. The third-order valence-corrected chi connectivity index (χ3v) is 5.46. The van der Waals surface area contributed by atoms with E-state index in [0.717, 1.165) is 40.7 Å². The van der Waals surface area contributed by atoms with Crippen LogP contribution >= 0.6 is 0 Å². The monoisotopic (exact) mass is 358 g/mol. The average Bonchev–Trinajstić information content (AvgIpc) is 3.25. The van der Waals surface area contributed by atoms with Gasteiger partial charge in [0.25, 0.3) is 0 Å². The summed E-state index contributed by atoms with van der Waals surface area (Å²) in [5.41, 5.74) is 7.04. The van der Waals surface area contributed by atoms with E-state index in [-0.39, 0.29) is 0 Å². The molecule has 0 atom stereocenters. The van der Waals surface area contributed by atoms with E-state index in [1.54, 1.807) is 6.20 Å². The van der Waals surface area contributed by atoms with Crippen LogP contribution in [-0.4, -0.2) is 29.9 Å². The molecule has 0 unspecified atom stereocenters. The van der Waals surface area contributed by atoms with Crippen molar-refractivity contribution in [2.24, 2.45) is 5.41 Å². The van der Waals surface area contributed by atoms with E-state index in [1.807, 2.05) is 35.4 Å². The van der Waals surface area contributed by atoms with Crippen LogP contribution in [0.2, 0.25) is 0 Å². The quantitative estimate of drug-likeness (QED) is 0.605. The highest BCUT2D eigenvalue weighted by Gasteiger charge is 2.29. The topological polar surface area (TPSA) is 72.3 Å². The zero-order valence-corrected chi connectivity index (χ0v) is 15.6. The molecule has 6 nitrogen and oxygen atoms in total. The molecular weight excluding hydrogens is 336 g/mol. The van der Waals surface area contributed by atoms with E-state index >= 15 is 0 Å². The van der Waals surface area contributed by atoms with Crippen LogP contribution in [0, 0.1) is 5.41 Å². The Morgan fingerprint density at radius 1 is 1.22 bits per heavy atom. The van der Waals surface area contributed by atoms with Crippen LogP contribution in [0.15, 0.2) is 43.0 Å². The minimum atomic E-state index is 0.340. The molecule has 0 radical (unpaired) electrons. The lowest BCUT2D eigenvalue weighted by atomic mass is 9.76. The summed E-state index contributed by atoms with van der Waals surface area (Å²) in [5.74, 6) is 0. The van der Waals surface area contributed by atoms with Gasteiger partial charge in [-0.1, -0.05) is 19.9 Å². The first-order valence-electron chi connectivity index (χ1n) is 9.36. The highest BCUT2D eigenvalue weighted by atomic mass is 15.3. The fourth-order valence-electron chi connectivity index (χ4n) is 3.97. The van der Waals surface area contributed by atoms with Crippen molar-refractivity contribution >= 4 is 11.0 Å². The summed E-state index contributed by atoms with van der Waals surface area (Å²) in [6, 6.07) is 6.13. The van der Waals surface area contributed by atoms with Crippen LogP contribution in [0.25, 0.3) is 22.3 Å². The first-order chi connectivity index (χ1) is 13.1. The molecular formula is C21H22N6. The molecule has 0 aliphatic heterocycles. The molecule has 0 bridgehead atoms. The van der Waals surface area contributed by atoms with Gasteiger partial charge < -0.3 is 0 Å². The molecule has 0 fully saturated rings. The zero-order valence-electron chi connectivity index (χ0n) is 15.6. The summed E-state index contributed by atoms with van der Waals surface area (Å²) >= 11 is 0. The Bertz CT molecular complexity index is 1110. The Labute approximate surface area is 157 Å². The standard InChI is InChI=1S/C21H22N6/c1-21(2)6-5-17-18(9-21)25-26-19(17)15-8-16-12-24-27(20(16)23-11-15)13-14-4-3-7-22-10-14/h3-4,7-8,10-12H,5-6,9,13H2,1-2H3,(H,25,26). The maximum absolute atomic E-state index is 4.70. The predicted octanol–water partition coefficient (Wildman–Crippen LogP) is 3.78. The maximum Gasteiger partial charge on any atom is 0.158 e. The molecule has 4 aromatic rings. The van der Waals surface area contributed by atoms with Crippen molar-refractivity contribution in [2.75, 3.05) is 0 Å². The van der Waals surface area contributed by atoms with Gasteiger partial charge in [-0.25, -0.2) is 9.67 Å². The van der Waals surface area contributed by atoms with Gasteiger partial charge >= 0.3 is 0 Å². The summed E-state index contributed by atoms with van der Waals surface area (Å²) in [4.78, 5) is 8.87. The summed E-state index contributed by atoms with van der Waals surface area (Å²) in [5, 5.41) is 13.4. The van der Waals surface area contributed by atoms with Crippen molar-refractivity contribution in [1.82, 2.24) is 29.9 Å². The van der Waals surface area contributed by atoms with Gasteiger partial charge in [0.2, 0.25) is 0 Å². The van der Waals surface area contributed by atoms with Crippen LogP contribution < -0.4 is 0 Å². The number of H-pyrrole nitrogens is 1. The number of hydrogen-bond acceptors (Lipinski definition) is 4. The van der Waals surface area contributed by atoms with E-state index < -0.39 is 0 Å². The van der Waals surface area contributed by atoms with Crippen LogP contribution in [0.4, 0.5) is 0 Å². The number of aromatic amines is 1. The second-order valence-corrected chi connectivity index (χ2v) is 8.17. The zero-order chi connectivity index (χ0) is 18.4. The highest BCUT2D eigenvalue weighted by Crippen LogP contribution is 2.37. The van der Waals surface area contributed by atoms with Crippen molar-refractivity contribution in [1.29, 1.82) is 0 Å². The van der Waals surface area contributed by atoms with Crippen LogP contribution in [0.5, 0.6) is 0 Å². The van der Waals surface area contributed by atoms with E-state index in [0.29, 0.717) is 12.0 Å². The largest absolute Gasteiger partial charge is 0.282 e. The molecule has 0 saturated carbocycles. The first kappa shape index (κ1) is 16.2. The van der Waals surface area contributed by atoms with E-state index in [4.69, 9.17) is 4.98 Å². The number of pyridine rings is 2. The second kappa shape index (κ2) is 6.01. The molecule has 27 heavy (non-hydrogen) atoms. The van der Waals surface area contributed by atoms with Crippen molar-refractivity contribution in [3.05, 3.63) is 59.8 Å². The molecule has 1 N–H and O–H groups in total. The molecule has 1 aliphatic rings. The van der Waals surface area contributed by atoms with Crippen molar-refractivity contribution in [3.63, 3.8) is 0 Å². The Hall–Kier alpha value is -3.02.